The van der Waals surface area contributed by atoms with Crippen molar-refractivity contribution in [2.75, 3.05) is 12.3 Å². The van der Waals surface area contributed by atoms with Gasteiger partial charge in [-0.15, -0.1) is 0 Å². The molecule has 0 aromatic carbocycles. The fourth-order valence-electron chi connectivity index (χ4n) is 2.37. The van der Waals surface area contributed by atoms with E-state index in [4.69, 9.17) is 20.9 Å². The zero-order chi connectivity index (χ0) is 16.8. The van der Waals surface area contributed by atoms with Crippen molar-refractivity contribution in [3.8, 4) is 0 Å². The minimum Gasteiger partial charge on any atom is -0.390 e. The van der Waals surface area contributed by atoms with Gasteiger partial charge in [0.05, 0.1) is 19.0 Å². The molecule has 0 spiro atoms. The summed E-state index contributed by atoms with van der Waals surface area (Å²) < 4.78 is 22.5. The number of nitrogens with two attached hydrogens (primary N) is 2. The lowest BCUT2D eigenvalue weighted by Crippen LogP contribution is -2.26. The quantitative estimate of drug-likeness (QED) is 0.404. The van der Waals surface area contributed by atoms with Gasteiger partial charge in [0, 0.05) is 6.42 Å². The molecule has 1 saturated heterocycles. The number of aliphatic hydroxyl groups is 1. The normalized spacial score (nSPS) is 27.3. The molecule has 23 heavy (non-hydrogen) atoms. The van der Waals surface area contributed by atoms with E-state index in [0.29, 0.717) is 0 Å². The molecule has 126 valence electrons. The Bertz CT molecular complexity index is 829. The number of hydrogen-bond donors (Lipinski definition) is 5. The molecule has 0 radical (unpaired) electrons. The first-order valence-corrected chi connectivity index (χ1v) is 8.21. The van der Waals surface area contributed by atoms with Gasteiger partial charge in [-0.1, -0.05) is 0 Å². The number of hydrogen-bond acceptors (Lipinski definition) is 8. The Morgan fingerprint density at radius 2 is 2.35 bits per heavy atom. The number of fused-ring (bicyclic) bond motifs is 1. The molecule has 1 unspecified atom stereocenters. The van der Waals surface area contributed by atoms with Crippen molar-refractivity contribution in [3.63, 3.8) is 0 Å². The van der Waals surface area contributed by atoms with E-state index < -0.39 is 31.7 Å². The summed E-state index contributed by atoms with van der Waals surface area (Å²) in [6.07, 6.45) is -1.02. The van der Waals surface area contributed by atoms with Crippen LogP contribution in [0, 0.1) is 0 Å². The summed E-state index contributed by atoms with van der Waals surface area (Å²) in [4.78, 5) is 30.9. The van der Waals surface area contributed by atoms with Crippen LogP contribution in [0.2, 0.25) is 0 Å². The van der Waals surface area contributed by atoms with E-state index >= 15 is 0 Å². The molecule has 4 atom stereocenters. The lowest BCUT2D eigenvalue weighted by molar-refractivity contribution is -0.0396. The average Bonchev–Trinajstić information content (AvgIpc) is 2.99. The molecule has 13 heteroatoms. The number of imidazole rings is 1. The summed E-state index contributed by atoms with van der Waals surface area (Å²) in [5.41, 5.74) is 10.2. The molecule has 0 amide bonds. The van der Waals surface area contributed by atoms with E-state index in [1.807, 2.05) is 0 Å². The lowest BCUT2D eigenvalue weighted by Gasteiger charge is -2.16. The van der Waals surface area contributed by atoms with E-state index in [2.05, 4.69) is 19.5 Å². The second-order valence-electron chi connectivity index (χ2n) is 5.07. The van der Waals surface area contributed by atoms with Gasteiger partial charge in [-0.2, -0.15) is 4.98 Å². The molecule has 2 aromatic rings. The molecule has 3 rings (SSSR count). The topological polar surface area (TPSA) is 192 Å². The predicted octanol–water partition coefficient (Wildman–Crippen LogP) is -1.57. The number of rotatable bonds is 4. The molecule has 0 saturated carbocycles. The van der Waals surface area contributed by atoms with Crippen LogP contribution in [0.3, 0.4) is 0 Å². The number of nitrogens with one attached hydrogen (secondary N) is 1. The number of aliphatic hydroxyl groups excluding tert-OH is 1. The highest BCUT2D eigenvalue weighted by atomic mass is 31.2. The monoisotopic (exact) mass is 346 g/mol. The third-order valence-corrected chi connectivity index (χ3v) is 3.91. The van der Waals surface area contributed by atoms with Crippen LogP contribution in [0.25, 0.3) is 11.2 Å². The Morgan fingerprint density at radius 1 is 1.61 bits per heavy atom. The zero-order valence-corrected chi connectivity index (χ0v) is 12.6. The Kier molecular flexibility index (Phi) is 3.96. The van der Waals surface area contributed by atoms with E-state index in [9.17, 15) is 14.5 Å². The third-order valence-electron chi connectivity index (χ3n) is 3.39. The van der Waals surface area contributed by atoms with Gasteiger partial charge in [0.2, 0.25) is 5.95 Å². The highest BCUT2D eigenvalue weighted by molar-refractivity contribution is 7.50. The van der Waals surface area contributed by atoms with Crippen LogP contribution in [-0.4, -0.2) is 48.3 Å². The van der Waals surface area contributed by atoms with Crippen LogP contribution in [0.5, 0.6) is 0 Å². The van der Waals surface area contributed by atoms with Gasteiger partial charge in [-0.05, 0) is 0 Å². The second kappa shape index (κ2) is 5.67. The SMILES string of the molecule is Nc1nc2c(ncn2[C@H]2C[C@H](O)[C@@H](COP(N)(=O)O)O2)c(=O)[nH]1. The van der Waals surface area contributed by atoms with Gasteiger partial charge in [-0.3, -0.25) is 18.9 Å². The number of anilines is 1. The van der Waals surface area contributed by atoms with E-state index in [0.717, 1.165) is 0 Å². The predicted molar refractivity (Wildman–Crippen MR) is 77.1 cm³/mol. The van der Waals surface area contributed by atoms with Gasteiger partial charge < -0.3 is 20.5 Å². The average molecular weight is 346 g/mol. The minimum atomic E-state index is -4.16. The Balaban J connectivity index is 1.84. The fourth-order valence-corrected chi connectivity index (χ4v) is 2.73. The summed E-state index contributed by atoms with van der Waals surface area (Å²) in [6.45, 7) is -0.356. The number of ether oxygens (including phenoxy) is 1. The van der Waals surface area contributed by atoms with Gasteiger partial charge in [0.1, 0.15) is 12.3 Å². The van der Waals surface area contributed by atoms with E-state index in [1.165, 1.54) is 10.9 Å². The molecule has 12 nitrogen and oxygen atoms in total. The minimum absolute atomic E-state index is 0.0768. The Morgan fingerprint density at radius 3 is 3.04 bits per heavy atom. The molecule has 1 aliphatic heterocycles. The molecular weight excluding hydrogens is 331 g/mol. The van der Waals surface area contributed by atoms with Crippen molar-refractivity contribution >= 4 is 24.9 Å². The number of aromatic amines is 1. The van der Waals surface area contributed by atoms with Crippen LogP contribution < -0.4 is 16.8 Å². The van der Waals surface area contributed by atoms with Crippen LogP contribution in [0.15, 0.2) is 11.1 Å². The number of nitrogen functional groups attached to an aromatic ring is 1. The van der Waals surface area contributed by atoms with Crippen molar-refractivity contribution < 1.29 is 23.8 Å². The Labute approximate surface area is 128 Å². The first-order valence-electron chi connectivity index (χ1n) is 6.56. The van der Waals surface area contributed by atoms with E-state index in [1.54, 1.807) is 0 Å². The smallest absolute Gasteiger partial charge is 0.390 e. The van der Waals surface area contributed by atoms with Gasteiger partial charge in [0.25, 0.3) is 5.56 Å². The van der Waals surface area contributed by atoms with Gasteiger partial charge in [-0.25, -0.2) is 15.1 Å². The van der Waals surface area contributed by atoms with Crippen LogP contribution in [0.1, 0.15) is 12.6 Å². The van der Waals surface area contributed by atoms with Crippen LogP contribution in [0.4, 0.5) is 5.95 Å². The summed E-state index contributed by atoms with van der Waals surface area (Å²) >= 11 is 0. The molecule has 7 N–H and O–H groups in total. The number of aromatic nitrogens is 4. The first-order chi connectivity index (χ1) is 10.7. The molecule has 2 aromatic heterocycles. The van der Waals surface area contributed by atoms with Gasteiger partial charge in [0.15, 0.2) is 11.2 Å². The largest absolute Gasteiger partial charge is 0.400 e. The Hall–Kier alpha value is -1.82. The van der Waals surface area contributed by atoms with E-state index in [-0.39, 0.29) is 30.1 Å². The molecule has 0 aliphatic carbocycles. The standard InChI is InChI=1S/C10H15N6O6P/c11-10-14-8-7(9(18)15-10)13-3-16(8)6-1-4(17)5(22-6)2-21-23(12,19)20/h3-6,17H,1-2H2,(H3,12,19,20)(H3,11,14,15,18)/t4-,5+,6+/m0/s1. The molecule has 0 bridgehead atoms. The van der Waals surface area contributed by atoms with Crippen molar-refractivity contribution in [1.29, 1.82) is 0 Å². The summed E-state index contributed by atoms with van der Waals surface area (Å²) in [6, 6.07) is 0. The highest BCUT2D eigenvalue weighted by Gasteiger charge is 2.37. The second-order valence-corrected chi connectivity index (χ2v) is 6.45. The van der Waals surface area contributed by atoms with Crippen molar-refractivity contribution in [1.82, 2.24) is 19.5 Å². The molecule has 1 fully saturated rings. The highest BCUT2D eigenvalue weighted by Crippen LogP contribution is 2.35. The fraction of sp³-hybridized carbons (Fsp3) is 0.500. The number of H-pyrrole nitrogens is 1. The van der Waals surface area contributed by atoms with Crippen LogP contribution >= 0.6 is 7.75 Å². The maximum absolute atomic E-state index is 11.7. The summed E-state index contributed by atoms with van der Waals surface area (Å²) in [5, 5.41) is 9.97. The van der Waals surface area contributed by atoms with Crippen LogP contribution in [-0.2, 0) is 13.8 Å². The van der Waals surface area contributed by atoms with Crippen molar-refractivity contribution in [2.24, 2.45) is 5.50 Å². The van der Waals surface area contributed by atoms with Crippen molar-refractivity contribution in [2.45, 2.75) is 24.9 Å². The summed E-state index contributed by atoms with van der Waals surface area (Å²) in [5.74, 6) is -0.0768. The maximum atomic E-state index is 11.7. The molecule has 1 aliphatic rings. The number of nitrogens with zero attached hydrogens (tertiary/aromatic N) is 3. The molecule has 3 heterocycles. The zero-order valence-electron chi connectivity index (χ0n) is 11.7. The van der Waals surface area contributed by atoms with Gasteiger partial charge >= 0.3 is 7.75 Å². The summed E-state index contributed by atoms with van der Waals surface area (Å²) in [7, 11) is -4.16. The third kappa shape index (κ3) is 3.27. The molecular formula is C10H15N6O6P. The first kappa shape index (κ1) is 16.1. The lowest BCUT2D eigenvalue weighted by atomic mass is 10.2. The maximum Gasteiger partial charge on any atom is 0.400 e. The van der Waals surface area contributed by atoms with Crippen molar-refractivity contribution in [3.05, 3.63) is 16.7 Å².